The van der Waals surface area contributed by atoms with Crippen molar-refractivity contribution in [3.8, 4) is 5.75 Å². The largest absolute Gasteiger partial charge is 0.494 e. The fourth-order valence-electron chi connectivity index (χ4n) is 1.79. The Morgan fingerprint density at radius 1 is 1.17 bits per heavy atom. The van der Waals surface area contributed by atoms with Crippen LogP contribution >= 0.6 is 0 Å². The van der Waals surface area contributed by atoms with Gasteiger partial charge in [0.2, 0.25) is 0 Å². The van der Waals surface area contributed by atoms with Crippen LogP contribution in [0, 0.1) is 5.82 Å². The zero-order chi connectivity index (χ0) is 16.5. The number of nitrogens with zero attached hydrogens (tertiary/aromatic N) is 1. The maximum atomic E-state index is 12.7. The van der Waals surface area contributed by atoms with E-state index in [1.165, 1.54) is 12.1 Å². The van der Waals surface area contributed by atoms with Crippen molar-refractivity contribution in [2.45, 2.75) is 6.92 Å². The molecule has 0 aromatic heterocycles. The molecule has 0 unspecified atom stereocenters. The summed E-state index contributed by atoms with van der Waals surface area (Å²) >= 11 is 0. The van der Waals surface area contributed by atoms with Gasteiger partial charge in [-0.05, 0) is 61.0 Å². The molecule has 0 aliphatic carbocycles. The molecule has 23 heavy (non-hydrogen) atoms. The third-order valence-corrected chi connectivity index (χ3v) is 2.89. The van der Waals surface area contributed by atoms with Crippen LogP contribution in [0.15, 0.2) is 53.6 Å². The SMILES string of the molecule is CCOc1ccc(/C=N/NC(=O)CNc2ccc(F)cc2)cc1. The van der Waals surface area contributed by atoms with Crippen LogP contribution in [-0.4, -0.2) is 25.3 Å². The third kappa shape index (κ3) is 5.78. The topological polar surface area (TPSA) is 62.7 Å². The number of hydrazone groups is 1. The van der Waals surface area contributed by atoms with E-state index in [9.17, 15) is 9.18 Å². The fourth-order valence-corrected chi connectivity index (χ4v) is 1.79. The summed E-state index contributed by atoms with van der Waals surface area (Å²) in [6, 6.07) is 13.1. The Hall–Kier alpha value is -2.89. The molecule has 0 aliphatic rings. The van der Waals surface area contributed by atoms with Crippen molar-refractivity contribution in [3.05, 3.63) is 59.9 Å². The van der Waals surface area contributed by atoms with E-state index >= 15 is 0 Å². The number of hydrogen-bond acceptors (Lipinski definition) is 4. The first kappa shape index (κ1) is 16.5. The van der Waals surface area contributed by atoms with Crippen LogP contribution in [0.25, 0.3) is 0 Å². The fraction of sp³-hybridized carbons (Fsp3) is 0.176. The monoisotopic (exact) mass is 315 g/mol. The molecule has 0 fully saturated rings. The van der Waals surface area contributed by atoms with Gasteiger partial charge in [0.25, 0.3) is 5.91 Å². The highest BCUT2D eigenvalue weighted by Gasteiger charge is 1.99. The first-order valence-electron chi connectivity index (χ1n) is 7.21. The lowest BCUT2D eigenvalue weighted by Crippen LogP contribution is -2.25. The van der Waals surface area contributed by atoms with Crippen LogP contribution in [0.2, 0.25) is 0 Å². The van der Waals surface area contributed by atoms with Crippen molar-refractivity contribution < 1.29 is 13.9 Å². The predicted molar refractivity (Wildman–Crippen MR) is 88.2 cm³/mol. The zero-order valence-corrected chi connectivity index (χ0v) is 12.8. The van der Waals surface area contributed by atoms with Crippen molar-refractivity contribution in [1.29, 1.82) is 0 Å². The first-order chi connectivity index (χ1) is 11.2. The van der Waals surface area contributed by atoms with E-state index in [0.29, 0.717) is 12.3 Å². The minimum Gasteiger partial charge on any atom is -0.494 e. The van der Waals surface area contributed by atoms with Gasteiger partial charge in [-0.1, -0.05) is 0 Å². The predicted octanol–water partition coefficient (Wildman–Crippen LogP) is 2.79. The van der Waals surface area contributed by atoms with Gasteiger partial charge in [-0.25, -0.2) is 9.82 Å². The zero-order valence-electron chi connectivity index (χ0n) is 12.8. The summed E-state index contributed by atoms with van der Waals surface area (Å²) in [7, 11) is 0. The van der Waals surface area contributed by atoms with E-state index in [2.05, 4.69) is 15.8 Å². The molecule has 120 valence electrons. The van der Waals surface area contributed by atoms with E-state index in [0.717, 1.165) is 11.3 Å². The maximum Gasteiger partial charge on any atom is 0.259 e. The van der Waals surface area contributed by atoms with E-state index in [1.807, 2.05) is 31.2 Å². The van der Waals surface area contributed by atoms with Crippen molar-refractivity contribution in [1.82, 2.24) is 5.43 Å². The lowest BCUT2D eigenvalue weighted by Gasteiger charge is -2.05. The third-order valence-electron chi connectivity index (χ3n) is 2.89. The normalized spacial score (nSPS) is 10.5. The van der Waals surface area contributed by atoms with Gasteiger partial charge in [0.05, 0.1) is 19.4 Å². The number of carbonyl (C=O) groups is 1. The van der Waals surface area contributed by atoms with Gasteiger partial charge < -0.3 is 10.1 Å². The van der Waals surface area contributed by atoms with E-state index in [4.69, 9.17) is 4.74 Å². The number of ether oxygens (including phenoxy) is 1. The summed E-state index contributed by atoms with van der Waals surface area (Å²) in [4.78, 5) is 11.6. The molecule has 0 atom stereocenters. The molecule has 2 N–H and O–H groups in total. The number of anilines is 1. The molecule has 2 rings (SSSR count). The highest BCUT2D eigenvalue weighted by Crippen LogP contribution is 2.10. The smallest absolute Gasteiger partial charge is 0.259 e. The Kier molecular flexibility index (Phi) is 6.11. The molecule has 0 saturated heterocycles. The maximum absolute atomic E-state index is 12.7. The van der Waals surface area contributed by atoms with Crippen LogP contribution in [0.5, 0.6) is 5.75 Å². The summed E-state index contributed by atoms with van der Waals surface area (Å²) in [6.07, 6.45) is 1.55. The Labute approximate surface area is 134 Å². The van der Waals surface area contributed by atoms with Gasteiger partial charge in [0, 0.05) is 5.69 Å². The second-order valence-corrected chi connectivity index (χ2v) is 4.66. The minimum atomic E-state index is -0.319. The molecule has 0 bridgehead atoms. The standard InChI is InChI=1S/C17H18FN3O2/c1-2-23-16-9-3-13(4-10-16)11-20-21-17(22)12-19-15-7-5-14(18)6-8-15/h3-11,19H,2,12H2,1H3,(H,21,22)/b20-11+. The summed E-state index contributed by atoms with van der Waals surface area (Å²) < 4.78 is 18.1. The quantitative estimate of drug-likeness (QED) is 0.610. The van der Waals surface area contributed by atoms with Crippen LogP contribution < -0.4 is 15.5 Å². The second kappa shape index (κ2) is 8.53. The lowest BCUT2D eigenvalue weighted by molar-refractivity contribution is -0.119. The van der Waals surface area contributed by atoms with Crippen LogP contribution in [0.4, 0.5) is 10.1 Å². The number of rotatable bonds is 7. The molecule has 0 spiro atoms. The first-order valence-corrected chi connectivity index (χ1v) is 7.21. The summed E-state index contributed by atoms with van der Waals surface area (Å²) in [6.45, 7) is 2.58. The lowest BCUT2D eigenvalue weighted by atomic mass is 10.2. The van der Waals surface area contributed by atoms with Gasteiger partial charge in [-0.3, -0.25) is 4.79 Å². The van der Waals surface area contributed by atoms with Gasteiger partial charge in [-0.2, -0.15) is 5.10 Å². The van der Waals surface area contributed by atoms with Crippen molar-refractivity contribution >= 4 is 17.8 Å². The average molecular weight is 315 g/mol. The van der Waals surface area contributed by atoms with E-state index in [-0.39, 0.29) is 18.3 Å². The highest BCUT2D eigenvalue weighted by atomic mass is 19.1. The number of amides is 1. The van der Waals surface area contributed by atoms with E-state index < -0.39 is 0 Å². The number of carbonyl (C=O) groups excluding carboxylic acids is 1. The molecular weight excluding hydrogens is 297 g/mol. The van der Waals surface area contributed by atoms with Gasteiger partial charge in [0.1, 0.15) is 11.6 Å². The molecule has 0 saturated carbocycles. The number of nitrogens with one attached hydrogen (secondary N) is 2. The summed E-state index contributed by atoms with van der Waals surface area (Å²) in [5.74, 6) is 0.175. The molecule has 2 aromatic carbocycles. The summed E-state index contributed by atoms with van der Waals surface area (Å²) in [5.41, 5.74) is 3.93. The Bertz CT molecular complexity index is 655. The Balaban J connectivity index is 1.75. The van der Waals surface area contributed by atoms with Crippen LogP contribution in [-0.2, 0) is 4.79 Å². The van der Waals surface area contributed by atoms with Gasteiger partial charge in [-0.15, -0.1) is 0 Å². The summed E-state index contributed by atoms with van der Waals surface area (Å²) in [5, 5.41) is 6.75. The van der Waals surface area contributed by atoms with E-state index in [1.54, 1.807) is 18.3 Å². The molecule has 2 aromatic rings. The molecule has 0 radical (unpaired) electrons. The molecule has 1 amide bonds. The average Bonchev–Trinajstić information content (AvgIpc) is 2.56. The number of hydrogen-bond donors (Lipinski definition) is 2. The number of halogens is 1. The molecular formula is C17H18FN3O2. The second-order valence-electron chi connectivity index (χ2n) is 4.66. The van der Waals surface area contributed by atoms with Crippen LogP contribution in [0.3, 0.4) is 0 Å². The van der Waals surface area contributed by atoms with Crippen molar-refractivity contribution in [3.63, 3.8) is 0 Å². The molecule has 6 heteroatoms. The number of benzene rings is 2. The highest BCUT2D eigenvalue weighted by molar-refractivity contribution is 5.84. The minimum absolute atomic E-state index is 0.0479. The van der Waals surface area contributed by atoms with Gasteiger partial charge >= 0.3 is 0 Å². The Morgan fingerprint density at radius 2 is 1.87 bits per heavy atom. The molecule has 5 nitrogen and oxygen atoms in total. The van der Waals surface area contributed by atoms with Crippen LogP contribution in [0.1, 0.15) is 12.5 Å². The van der Waals surface area contributed by atoms with Crippen molar-refractivity contribution in [2.75, 3.05) is 18.5 Å². The molecule has 0 heterocycles. The van der Waals surface area contributed by atoms with Gasteiger partial charge in [0.15, 0.2) is 0 Å². The Morgan fingerprint density at radius 3 is 2.52 bits per heavy atom. The molecule has 0 aliphatic heterocycles. The van der Waals surface area contributed by atoms with Crippen molar-refractivity contribution in [2.24, 2.45) is 5.10 Å².